The van der Waals surface area contributed by atoms with Crippen molar-refractivity contribution >= 4 is 17.7 Å². The molecule has 0 spiro atoms. The molecular weight excluding hydrogens is 488 g/mol. The second kappa shape index (κ2) is 9.14. The molecule has 8 nitrogen and oxygen atoms in total. The van der Waals surface area contributed by atoms with Crippen LogP contribution in [0.5, 0.6) is 0 Å². The Hall–Kier alpha value is -2.29. The van der Waals surface area contributed by atoms with E-state index < -0.39 is 76.3 Å². The van der Waals surface area contributed by atoms with Crippen LogP contribution in [0.4, 0.5) is 0 Å². The number of esters is 2. The van der Waals surface area contributed by atoms with Gasteiger partial charge in [0.1, 0.15) is 11.7 Å². The van der Waals surface area contributed by atoms with Crippen molar-refractivity contribution in [3.05, 3.63) is 34.9 Å². The van der Waals surface area contributed by atoms with E-state index in [0.717, 1.165) is 0 Å². The number of carbonyl (C=O) groups excluding carboxylic acids is 3. The number of hydrogen-bond acceptors (Lipinski definition) is 8. The summed E-state index contributed by atoms with van der Waals surface area (Å²) >= 11 is 0. The summed E-state index contributed by atoms with van der Waals surface area (Å²) in [7, 11) is 0. The van der Waals surface area contributed by atoms with Gasteiger partial charge in [-0.1, -0.05) is 52.8 Å². The maximum absolute atomic E-state index is 13.3. The minimum absolute atomic E-state index is 0.124. The first-order chi connectivity index (χ1) is 17.6. The molecule has 0 bridgehead atoms. The molecule has 0 saturated heterocycles. The van der Waals surface area contributed by atoms with Crippen molar-refractivity contribution in [3.8, 4) is 0 Å². The van der Waals surface area contributed by atoms with E-state index in [-0.39, 0.29) is 12.3 Å². The molecular formula is C30H42O8. The van der Waals surface area contributed by atoms with Crippen LogP contribution in [-0.2, 0) is 23.9 Å². The van der Waals surface area contributed by atoms with Crippen LogP contribution in [0.25, 0.3) is 0 Å². The molecule has 0 radical (unpaired) electrons. The van der Waals surface area contributed by atoms with Crippen molar-refractivity contribution in [2.24, 2.45) is 35.0 Å². The fourth-order valence-corrected chi connectivity index (χ4v) is 7.58. The maximum atomic E-state index is 13.3. The number of allylic oxidation sites excluding steroid dienone is 1. The van der Waals surface area contributed by atoms with Gasteiger partial charge in [0.15, 0.2) is 11.4 Å². The highest BCUT2D eigenvalue weighted by molar-refractivity contribution is 6.04. The number of aliphatic hydroxyl groups is 3. The van der Waals surface area contributed by atoms with E-state index in [1.54, 1.807) is 52.8 Å². The minimum atomic E-state index is -1.95. The van der Waals surface area contributed by atoms with Gasteiger partial charge in [-0.15, -0.1) is 0 Å². The van der Waals surface area contributed by atoms with Gasteiger partial charge in [-0.05, 0) is 38.3 Å². The largest absolute Gasteiger partial charge is 0.454 e. The number of Topliss-reactive ketones (excluding diaryl/α,β-unsaturated/α-hetero) is 1. The first-order valence-electron chi connectivity index (χ1n) is 13.6. The third-order valence-electron chi connectivity index (χ3n) is 10.2. The molecule has 3 N–H and O–H groups in total. The standard InChI is InChI=1S/C30H42O8/c1-9-15(3)25(33)37-24-18(6)29(36)20(22-27(7,8)30(22,24)38-26(34)16(4)10-2)12-19(14-31)13-28(35)21(29)11-17(5)23(28)32/h9,11-12,16,18,20-22,24,31,35-36H,10,13-14H2,1-8H3/b15-9+/t16?,18-,20+,21-,22-,24-,28-,29-,30-/m1/s1. The van der Waals surface area contributed by atoms with Gasteiger partial charge in [-0.2, -0.15) is 0 Å². The van der Waals surface area contributed by atoms with Crippen LogP contribution in [0, 0.1) is 35.0 Å². The maximum Gasteiger partial charge on any atom is 0.333 e. The Morgan fingerprint density at radius 3 is 2.42 bits per heavy atom. The minimum Gasteiger partial charge on any atom is -0.454 e. The summed E-state index contributed by atoms with van der Waals surface area (Å²) in [6.45, 7) is 13.8. The van der Waals surface area contributed by atoms with Gasteiger partial charge in [-0.25, -0.2) is 4.79 Å². The third kappa shape index (κ3) is 3.56. The molecule has 0 heterocycles. The number of aliphatic hydroxyl groups excluding tert-OH is 1. The lowest BCUT2D eigenvalue weighted by Crippen LogP contribution is -2.66. The first kappa shape index (κ1) is 28.7. The molecule has 4 rings (SSSR count). The normalized spacial score (nSPS) is 42.0. The van der Waals surface area contributed by atoms with Crippen LogP contribution < -0.4 is 0 Å². The van der Waals surface area contributed by atoms with Crippen molar-refractivity contribution in [1.82, 2.24) is 0 Å². The second-order valence-electron chi connectivity index (χ2n) is 12.5. The Morgan fingerprint density at radius 1 is 1.24 bits per heavy atom. The number of ether oxygens (including phenoxy) is 2. The van der Waals surface area contributed by atoms with Gasteiger partial charge >= 0.3 is 11.9 Å². The predicted molar refractivity (Wildman–Crippen MR) is 139 cm³/mol. The lowest BCUT2D eigenvalue weighted by molar-refractivity contribution is -0.228. The van der Waals surface area contributed by atoms with E-state index in [1.807, 2.05) is 20.8 Å². The highest BCUT2D eigenvalue weighted by Crippen LogP contribution is 2.77. The summed E-state index contributed by atoms with van der Waals surface area (Å²) in [5.41, 5.74) is -4.51. The summed E-state index contributed by atoms with van der Waals surface area (Å²) < 4.78 is 12.4. The lowest BCUT2D eigenvalue weighted by atomic mass is 9.59. The zero-order chi connectivity index (χ0) is 28.6. The summed E-state index contributed by atoms with van der Waals surface area (Å²) in [5, 5.41) is 34.7. The van der Waals surface area contributed by atoms with Crippen LogP contribution in [0.1, 0.15) is 68.2 Å². The van der Waals surface area contributed by atoms with E-state index in [9.17, 15) is 29.7 Å². The van der Waals surface area contributed by atoms with Crippen molar-refractivity contribution in [2.75, 3.05) is 6.61 Å². The Balaban J connectivity index is 1.95. The van der Waals surface area contributed by atoms with Gasteiger partial charge in [-0.3, -0.25) is 9.59 Å². The molecule has 4 aliphatic rings. The average Bonchev–Trinajstić information content (AvgIpc) is 3.30. The Labute approximate surface area is 224 Å². The number of carbonyl (C=O) groups is 3. The van der Waals surface area contributed by atoms with Crippen LogP contribution in [0.3, 0.4) is 0 Å². The molecule has 2 fully saturated rings. The molecule has 9 atom stereocenters. The summed E-state index contributed by atoms with van der Waals surface area (Å²) in [5.74, 6) is -4.91. The van der Waals surface area contributed by atoms with E-state index >= 15 is 0 Å². The lowest BCUT2D eigenvalue weighted by Gasteiger charge is -2.53. The summed E-state index contributed by atoms with van der Waals surface area (Å²) in [6.07, 6.45) is 4.40. The number of rotatable bonds is 6. The Morgan fingerprint density at radius 2 is 1.87 bits per heavy atom. The fourth-order valence-electron chi connectivity index (χ4n) is 7.58. The number of fused-ring (bicyclic) bond motifs is 5. The zero-order valence-corrected chi connectivity index (χ0v) is 23.7. The summed E-state index contributed by atoms with van der Waals surface area (Å²) in [4.78, 5) is 39.6. The van der Waals surface area contributed by atoms with Gasteiger partial charge in [0.05, 0.1) is 18.1 Å². The SMILES string of the molecule is C/C=C(\C)C(=O)O[C@@H]1[C@@H](C)[C@@]2(O)[C@@H](C=C(CO)C[C@]3(O)C(=O)C(C)=C[C@@H]23)[C@@H]2C(C)(C)[C@]12OC(=O)C(C)CC. The number of hydrogen-bond donors (Lipinski definition) is 3. The van der Waals surface area contributed by atoms with Crippen molar-refractivity contribution in [2.45, 2.75) is 91.1 Å². The molecule has 0 aromatic carbocycles. The van der Waals surface area contributed by atoms with Crippen LogP contribution in [0.2, 0.25) is 0 Å². The molecule has 38 heavy (non-hydrogen) atoms. The van der Waals surface area contributed by atoms with Gasteiger partial charge in [0.25, 0.3) is 0 Å². The number of ketones is 1. The van der Waals surface area contributed by atoms with E-state index in [4.69, 9.17) is 9.47 Å². The van der Waals surface area contributed by atoms with E-state index in [0.29, 0.717) is 23.1 Å². The van der Waals surface area contributed by atoms with Gasteiger partial charge in [0, 0.05) is 41.1 Å². The fraction of sp³-hybridized carbons (Fsp3) is 0.700. The second-order valence-corrected chi connectivity index (χ2v) is 12.5. The monoisotopic (exact) mass is 530 g/mol. The zero-order valence-electron chi connectivity index (χ0n) is 23.7. The molecule has 210 valence electrons. The van der Waals surface area contributed by atoms with E-state index in [1.165, 1.54) is 0 Å². The molecule has 4 aliphatic carbocycles. The average molecular weight is 531 g/mol. The van der Waals surface area contributed by atoms with Gasteiger partial charge < -0.3 is 24.8 Å². The molecule has 1 unspecified atom stereocenters. The molecule has 2 saturated carbocycles. The third-order valence-corrected chi connectivity index (χ3v) is 10.2. The van der Waals surface area contributed by atoms with E-state index in [2.05, 4.69) is 0 Å². The first-order valence-corrected chi connectivity index (χ1v) is 13.6. The molecule has 0 aliphatic heterocycles. The molecule has 0 amide bonds. The van der Waals surface area contributed by atoms with Gasteiger partial charge in [0.2, 0.25) is 0 Å². The predicted octanol–water partition coefficient (Wildman–Crippen LogP) is 3.04. The summed E-state index contributed by atoms with van der Waals surface area (Å²) in [6, 6.07) is 0. The van der Waals surface area contributed by atoms with Crippen molar-refractivity contribution < 1.29 is 39.2 Å². The Kier molecular flexibility index (Phi) is 6.90. The smallest absolute Gasteiger partial charge is 0.333 e. The van der Waals surface area contributed by atoms with Crippen LogP contribution in [-0.4, -0.2) is 62.6 Å². The van der Waals surface area contributed by atoms with Crippen molar-refractivity contribution in [1.29, 1.82) is 0 Å². The Bertz CT molecular complexity index is 1150. The highest BCUT2D eigenvalue weighted by Gasteiger charge is 2.88. The molecule has 8 heteroatoms. The van der Waals surface area contributed by atoms with Crippen molar-refractivity contribution in [3.63, 3.8) is 0 Å². The molecule has 0 aromatic rings. The topological polar surface area (TPSA) is 130 Å². The quantitative estimate of drug-likeness (QED) is 0.271. The molecule has 0 aromatic heterocycles. The van der Waals surface area contributed by atoms with Crippen LogP contribution >= 0.6 is 0 Å². The van der Waals surface area contributed by atoms with Crippen LogP contribution in [0.15, 0.2) is 34.9 Å². The highest BCUT2D eigenvalue weighted by atomic mass is 16.6.